The Morgan fingerprint density at radius 2 is 2.04 bits per heavy atom. The third-order valence-electron chi connectivity index (χ3n) is 4.35. The highest BCUT2D eigenvalue weighted by Crippen LogP contribution is 2.31. The average molecular weight is 390 g/mol. The molecule has 0 aliphatic carbocycles. The summed E-state index contributed by atoms with van der Waals surface area (Å²) in [5.74, 6) is 0.566. The van der Waals surface area contributed by atoms with Gasteiger partial charge in [-0.3, -0.25) is 9.59 Å². The average Bonchev–Trinajstić information content (AvgIpc) is 2.70. The lowest BCUT2D eigenvalue weighted by atomic mass is 10.2. The van der Waals surface area contributed by atoms with Crippen molar-refractivity contribution in [1.29, 1.82) is 0 Å². The van der Waals surface area contributed by atoms with Crippen molar-refractivity contribution in [3.63, 3.8) is 0 Å². The third kappa shape index (κ3) is 4.28. The van der Waals surface area contributed by atoms with Crippen LogP contribution in [0.5, 0.6) is 5.75 Å². The molecule has 1 N–H and O–H groups in total. The largest absolute Gasteiger partial charge is 0.495 e. The minimum atomic E-state index is -0.370. The molecule has 27 heavy (non-hydrogen) atoms. The molecular weight excluding hydrogens is 370 g/mol. The van der Waals surface area contributed by atoms with E-state index < -0.39 is 0 Å². The minimum absolute atomic E-state index is 0.243. The van der Waals surface area contributed by atoms with E-state index >= 15 is 0 Å². The molecule has 1 aromatic heterocycles. The molecule has 0 atom stereocenters. The molecule has 2 aromatic rings. The molecule has 1 aliphatic heterocycles. The van der Waals surface area contributed by atoms with Gasteiger partial charge in [-0.25, -0.2) is 9.97 Å². The summed E-state index contributed by atoms with van der Waals surface area (Å²) in [6, 6.07) is 4.96. The summed E-state index contributed by atoms with van der Waals surface area (Å²) in [5, 5.41) is 3.37. The van der Waals surface area contributed by atoms with Gasteiger partial charge in [0.25, 0.3) is 5.91 Å². The summed E-state index contributed by atoms with van der Waals surface area (Å²) in [5.41, 5.74) is 1.58. The van der Waals surface area contributed by atoms with Crippen LogP contribution in [0, 0.1) is 6.92 Å². The molecule has 2 amide bonds. The predicted molar refractivity (Wildman–Crippen MR) is 103 cm³/mol. The lowest BCUT2D eigenvalue weighted by Gasteiger charge is -2.32. The van der Waals surface area contributed by atoms with E-state index in [2.05, 4.69) is 15.3 Å². The molecule has 9 heteroatoms. The summed E-state index contributed by atoms with van der Waals surface area (Å²) < 4.78 is 5.28. The van der Waals surface area contributed by atoms with Gasteiger partial charge in [0.2, 0.25) is 12.4 Å². The van der Waals surface area contributed by atoms with Crippen LogP contribution in [0.1, 0.15) is 16.1 Å². The first-order valence-electron chi connectivity index (χ1n) is 8.44. The number of nitrogens with one attached hydrogen (secondary N) is 1. The highest BCUT2D eigenvalue weighted by atomic mass is 35.5. The van der Waals surface area contributed by atoms with Crippen molar-refractivity contribution in [3.8, 4) is 5.75 Å². The van der Waals surface area contributed by atoms with Crippen molar-refractivity contribution in [2.45, 2.75) is 6.92 Å². The van der Waals surface area contributed by atoms with Gasteiger partial charge in [0.05, 0.1) is 12.8 Å². The van der Waals surface area contributed by atoms with E-state index in [0.717, 1.165) is 12.0 Å². The van der Waals surface area contributed by atoms with E-state index in [4.69, 9.17) is 16.3 Å². The Labute approximate surface area is 162 Å². The van der Waals surface area contributed by atoms with Gasteiger partial charge in [0.15, 0.2) is 0 Å². The Morgan fingerprint density at radius 1 is 1.30 bits per heavy atom. The van der Waals surface area contributed by atoms with Gasteiger partial charge < -0.3 is 19.9 Å². The number of hydrogen-bond acceptors (Lipinski definition) is 6. The number of aryl methyl sites for hydroxylation is 1. The van der Waals surface area contributed by atoms with Gasteiger partial charge in [-0.2, -0.15) is 0 Å². The molecule has 0 unspecified atom stereocenters. The van der Waals surface area contributed by atoms with Gasteiger partial charge >= 0.3 is 0 Å². The van der Waals surface area contributed by atoms with Crippen LogP contribution < -0.4 is 15.0 Å². The summed E-state index contributed by atoms with van der Waals surface area (Å²) in [7, 11) is 1.51. The number of methoxy groups -OCH3 is 1. The lowest BCUT2D eigenvalue weighted by Crippen LogP contribution is -2.46. The number of aromatic nitrogens is 2. The smallest absolute Gasteiger partial charge is 0.274 e. The fourth-order valence-electron chi connectivity index (χ4n) is 2.77. The van der Waals surface area contributed by atoms with Crippen molar-refractivity contribution < 1.29 is 14.3 Å². The number of benzene rings is 1. The molecule has 142 valence electrons. The highest BCUT2D eigenvalue weighted by Gasteiger charge is 2.19. The first-order chi connectivity index (χ1) is 13.0. The fourth-order valence-corrected chi connectivity index (χ4v) is 2.92. The highest BCUT2D eigenvalue weighted by molar-refractivity contribution is 6.31. The molecule has 2 heterocycles. The normalized spacial score (nSPS) is 14.0. The SMILES string of the molecule is COc1cc(Cl)c(C)cc1NC(=O)c1ccnc(N2CCN(C=O)CC2)n1. The number of piperazine rings is 1. The molecule has 1 fully saturated rings. The van der Waals surface area contributed by atoms with Crippen molar-refractivity contribution in [3.05, 3.63) is 40.7 Å². The maximum atomic E-state index is 12.6. The number of nitrogens with zero attached hydrogens (tertiary/aromatic N) is 4. The van der Waals surface area contributed by atoms with Crippen LogP contribution in [0.3, 0.4) is 0 Å². The van der Waals surface area contributed by atoms with Gasteiger partial charge in [0, 0.05) is 43.5 Å². The van der Waals surface area contributed by atoms with E-state index in [1.807, 2.05) is 11.8 Å². The number of amides is 2. The van der Waals surface area contributed by atoms with Gasteiger partial charge in [-0.15, -0.1) is 0 Å². The van der Waals surface area contributed by atoms with E-state index in [1.54, 1.807) is 29.3 Å². The Hall–Kier alpha value is -2.87. The molecular formula is C18H20ClN5O3. The quantitative estimate of drug-likeness (QED) is 0.787. The van der Waals surface area contributed by atoms with Crippen LogP contribution in [-0.4, -0.2) is 60.5 Å². The van der Waals surface area contributed by atoms with Crippen molar-refractivity contribution >= 4 is 35.6 Å². The van der Waals surface area contributed by atoms with E-state index in [-0.39, 0.29) is 11.6 Å². The number of rotatable bonds is 5. The Bertz CT molecular complexity index is 853. The van der Waals surface area contributed by atoms with Crippen LogP contribution >= 0.6 is 11.6 Å². The van der Waals surface area contributed by atoms with E-state index in [0.29, 0.717) is 48.6 Å². The van der Waals surface area contributed by atoms with Crippen LogP contribution in [0.25, 0.3) is 0 Å². The zero-order valence-corrected chi connectivity index (χ0v) is 15.9. The molecule has 1 aliphatic rings. The molecule has 1 aromatic carbocycles. The number of halogens is 1. The molecule has 1 saturated heterocycles. The lowest BCUT2D eigenvalue weighted by molar-refractivity contribution is -0.118. The number of hydrogen-bond donors (Lipinski definition) is 1. The van der Waals surface area contributed by atoms with Gasteiger partial charge in [0.1, 0.15) is 11.4 Å². The molecule has 0 saturated carbocycles. The predicted octanol–water partition coefficient (Wildman–Crippen LogP) is 1.98. The first-order valence-corrected chi connectivity index (χ1v) is 8.82. The minimum Gasteiger partial charge on any atom is -0.495 e. The zero-order valence-electron chi connectivity index (χ0n) is 15.1. The molecule has 0 radical (unpaired) electrons. The van der Waals surface area contributed by atoms with Crippen molar-refractivity contribution in [1.82, 2.24) is 14.9 Å². The maximum absolute atomic E-state index is 12.6. The monoisotopic (exact) mass is 389 g/mol. The van der Waals surface area contributed by atoms with E-state index in [9.17, 15) is 9.59 Å². The second-order valence-corrected chi connectivity index (χ2v) is 6.53. The summed E-state index contributed by atoms with van der Waals surface area (Å²) in [6.07, 6.45) is 2.39. The fraction of sp³-hybridized carbons (Fsp3) is 0.333. The van der Waals surface area contributed by atoms with Gasteiger partial charge in [-0.05, 0) is 24.6 Å². The van der Waals surface area contributed by atoms with Crippen LogP contribution in [0.15, 0.2) is 24.4 Å². The Balaban J connectivity index is 1.76. The second-order valence-electron chi connectivity index (χ2n) is 6.13. The summed E-state index contributed by atoms with van der Waals surface area (Å²) >= 11 is 6.10. The number of ether oxygens (including phenoxy) is 1. The van der Waals surface area contributed by atoms with Crippen LogP contribution in [0.4, 0.5) is 11.6 Å². The second kappa shape index (κ2) is 8.22. The van der Waals surface area contributed by atoms with Gasteiger partial charge in [-0.1, -0.05) is 11.6 Å². The molecule has 3 rings (SSSR count). The van der Waals surface area contributed by atoms with Crippen LogP contribution in [0.2, 0.25) is 5.02 Å². The Kier molecular flexibility index (Phi) is 5.75. The number of carbonyl (C=O) groups excluding carboxylic acids is 2. The number of carbonyl (C=O) groups is 2. The Morgan fingerprint density at radius 3 is 2.70 bits per heavy atom. The number of anilines is 2. The molecule has 0 spiro atoms. The van der Waals surface area contributed by atoms with Crippen molar-refractivity contribution in [2.75, 3.05) is 43.5 Å². The molecule has 0 bridgehead atoms. The summed E-state index contributed by atoms with van der Waals surface area (Å²) in [4.78, 5) is 35.7. The van der Waals surface area contributed by atoms with Crippen LogP contribution in [-0.2, 0) is 4.79 Å². The topological polar surface area (TPSA) is 87.7 Å². The van der Waals surface area contributed by atoms with E-state index in [1.165, 1.54) is 7.11 Å². The third-order valence-corrected chi connectivity index (χ3v) is 4.76. The first kappa shape index (κ1) is 18.9. The maximum Gasteiger partial charge on any atom is 0.274 e. The summed E-state index contributed by atoms with van der Waals surface area (Å²) in [6.45, 7) is 4.29. The zero-order chi connectivity index (χ0) is 19.4. The standard InChI is InChI=1S/C18H20ClN5O3/c1-12-9-15(16(27-2)10-13(12)19)21-17(26)14-3-4-20-18(22-14)24-7-5-23(11-25)6-8-24/h3-4,9-11H,5-8H2,1-2H3,(H,21,26). The molecule has 8 nitrogen and oxygen atoms in total. The van der Waals surface area contributed by atoms with Crippen molar-refractivity contribution in [2.24, 2.45) is 0 Å².